The smallest absolute Gasteiger partial charge is 0.416 e. The second-order valence-corrected chi connectivity index (χ2v) is 45.1. The molecule has 4 atom stereocenters. The van der Waals surface area contributed by atoms with Gasteiger partial charge in [-0.15, -0.1) is 0 Å². The van der Waals surface area contributed by atoms with Crippen molar-refractivity contribution in [1.29, 1.82) is 0 Å². The molecule has 4 unspecified atom stereocenters. The maximum Gasteiger partial charge on any atom is 0.416 e. The van der Waals surface area contributed by atoms with E-state index in [0.717, 1.165) is 84.7 Å². The molecule has 8 aromatic rings. The molecule has 2 saturated carbocycles. The number of pyridine rings is 4. The molecular formula is C107H164F11N7O4. The number of hydrogen-bond donors (Lipinski definition) is 0. The van der Waals surface area contributed by atoms with Crippen molar-refractivity contribution in [1.82, 2.24) is 34.6 Å². The van der Waals surface area contributed by atoms with Crippen LogP contribution in [0, 0.1) is 70.5 Å². The third-order valence-electron chi connectivity index (χ3n) is 22.0. The molecule has 0 amide bonds. The summed E-state index contributed by atoms with van der Waals surface area (Å²) in [7, 11) is 5.00. The van der Waals surface area contributed by atoms with E-state index in [1.165, 1.54) is 61.2 Å². The van der Waals surface area contributed by atoms with E-state index in [2.05, 4.69) is 187 Å². The monoisotopic (exact) mass is 1820 g/mol. The van der Waals surface area contributed by atoms with Crippen LogP contribution in [0.15, 0.2) is 147 Å². The first-order valence-electron chi connectivity index (χ1n) is 45.1. The summed E-state index contributed by atoms with van der Waals surface area (Å²) in [6.07, 6.45) is 10.2. The number of methoxy groups -OCH3 is 3. The molecule has 1 aliphatic heterocycles. The van der Waals surface area contributed by atoms with Crippen LogP contribution in [0.5, 0.6) is 17.2 Å². The summed E-state index contributed by atoms with van der Waals surface area (Å²) in [5, 5.41) is 4.15. The van der Waals surface area contributed by atoms with Gasteiger partial charge in [0, 0.05) is 64.7 Å². The van der Waals surface area contributed by atoms with Crippen LogP contribution in [0.1, 0.15) is 331 Å². The van der Waals surface area contributed by atoms with Crippen LogP contribution in [0.4, 0.5) is 48.3 Å². The van der Waals surface area contributed by atoms with Gasteiger partial charge in [0.1, 0.15) is 40.6 Å². The summed E-state index contributed by atoms with van der Waals surface area (Å²) < 4.78 is 162. The van der Waals surface area contributed by atoms with E-state index in [-0.39, 0.29) is 72.7 Å². The van der Waals surface area contributed by atoms with Crippen molar-refractivity contribution in [3.05, 3.63) is 226 Å². The quantitative estimate of drug-likeness (QED) is 0.159. The predicted octanol–water partition coefficient (Wildman–Crippen LogP) is 31.1. The van der Waals surface area contributed by atoms with Gasteiger partial charge in [0.25, 0.3) is 0 Å². The Morgan fingerprint density at radius 3 is 1.22 bits per heavy atom. The van der Waals surface area contributed by atoms with Gasteiger partial charge in [-0.1, -0.05) is 249 Å². The standard InChI is InChI=1S/C11H19F3.C11H13F3.C11H16O.C10H12F2.C10H15NO.C10H15N.C9H11F2N.C9H12FN.C9H19NO.C9H18.C8H14N2O/c1-7-5-8(10(2,3)4)6-9(7)11(12,13)14;1-10(2,3)8-6-4-5-7-9(8)11(12,13)14;1-11(2,3)9-7-5-6-8-10(9)12-4;1-10(2,3)8-6-7(11)4-5-9(8)12;1-10(2,3)9-6-5-8(12-4)7-11-9;1-8-5-6-9(11-7-8)10(2,3)4;1-9(2,3)8-7(11)4-6(10)5-12-8;1-9(2,3)7-4-5-11-6-8(7)10;1-8-7-10(5-6-11-8)9(2,3)4;1-9(2,3)8-6-4-5-7-8;1-8(2,3)10-6-7(11-4)5-9-10/h7-9H,5-6H2,1-4H3;4-7H,1-3H3;5-8H,1-4H3;4-6H,1-3H3;5-7H,1-4H3;5-7H,1-4H3;4-5H,1-3H3;4-6H,1-3H3;8H,5-7H2,1-4H3;8H,4-7H2,1-3H3;5-6H,1-4H3. The Bertz CT molecular complexity index is 4460. The lowest BCUT2D eigenvalue weighted by atomic mass is 9.79. The molecule has 0 spiro atoms. The van der Waals surface area contributed by atoms with Crippen molar-refractivity contribution in [3.63, 3.8) is 0 Å². The summed E-state index contributed by atoms with van der Waals surface area (Å²) in [5.74, 6) is 0.355. The molecule has 3 fully saturated rings. The number of aryl methyl sites for hydroxylation is 1. The van der Waals surface area contributed by atoms with Crippen molar-refractivity contribution >= 4 is 0 Å². The lowest BCUT2D eigenvalue weighted by molar-refractivity contribution is -0.182. The number of hydrogen-bond acceptors (Lipinski definition) is 10. The minimum atomic E-state index is -4.26. The van der Waals surface area contributed by atoms with Crippen molar-refractivity contribution in [2.45, 2.75) is 355 Å². The fourth-order valence-electron chi connectivity index (χ4n) is 13.9. The van der Waals surface area contributed by atoms with Gasteiger partial charge in [-0.05, 0) is 214 Å². The molecule has 6 heterocycles. The molecule has 0 bridgehead atoms. The zero-order chi connectivity index (χ0) is 100. The van der Waals surface area contributed by atoms with Crippen LogP contribution >= 0.6 is 0 Å². The summed E-state index contributed by atoms with van der Waals surface area (Å²) in [4.78, 5) is 18.5. The fourth-order valence-corrected chi connectivity index (χ4v) is 13.9. The first kappa shape index (κ1) is 119. The number of morpholine rings is 1. The van der Waals surface area contributed by atoms with Crippen LogP contribution < -0.4 is 14.2 Å². The predicted molar refractivity (Wildman–Crippen MR) is 513 cm³/mol. The van der Waals surface area contributed by atoms with Gasteiger partial charge in [-0.25, -0.2) is 22.0 Å². The van der Waals surface area contributed by atoms with Crippen molar-refractivity contribution in [2.75, 3.05) is 41.0 Å². The number of para-hydroxylation sites is 1. The SMILES string of the molecule is CC(C)(C)C1CCCC1.CC(C)(C)c1cc(F)ccc1F.CC(C)(C)c1ccccc1C(F)(F)F.CC(C)(C)c1ccncc1F.CC(C)(C)c1ncc(F)cc1F.CC1CC(C(C)(C)C)CC1C(F)(F)F.CC1CN(C(C)(C)C)CCO1.COc1ccc(C(C)(C)C)nc1.COc1ccccc1C(C)(C)C.COc1cnn(C(C)(C)C)c1.Cc1ccc(C(C)(C)C)nc1. The second-order valence-electron chi connectivity index (χ2n) is 45.1. The van der Waals surface area contributed by atoms with Crippen LogP contribution in [0.2, 0.25) is 0 Å². The number of ether oxygens (including phenoxy) is 4. The molecule has 728 valence electrons. The molecule has 0 N–H and O–H groups in total. The maximum absolute atomic E-state index is 13.1. The highest BCUT2D eigenvalue weighted by molar-refractivity contribution is 5.38. The zero-order valence-corrected chi connectivity index (χ0v) is 86.0. The second kappa shape index (κ2) is 50.2. The number of nitrogens with zero attached hydrogens (tertiary/aromatic N) is 7. The third kappa shape index (κ3) is 44.9. The first-order valence-corrected chi connectivity index (χ1v) is 45.1. The van der Waals surface area contributed by atoms with Crippen LogP contribution in [-0.2, 0) is 54.4 Å². The summed E-state index contributed by atoms with van der Waals surface area (Å²) in [5.41, 5.74) is 6.01. The minimum Gasteiger partial charge on any atom is -0.496 e. The molecule has 5 aromatic heterocycles. The lowest BCUT2D eigenvalue weighted by Gasteiger charge is -2.40. The van der Waals surface area contributed by atoms with Crippen LogP contribution in [0.3, 0.4) is 0 Å². The molecule has 22 heteroatoms. The Balaban J connectivity index is 0.000000711. The van der Waals surface area contributed by atoms with Gasteiger partial charge < -0.3 is 18.9 Å². The average Bonchev–Trinajstić information content (AvgIpc) is 1.22. The van der Waals surface area contributed by atoms with Crippen molar-refractivity contribution < 1.29 is 67.2 Å². The molecule has 0 radical (unpaired) electrons. The summed E-state index contributed by atoms with van der Waals surface area (Å²) in [6.45, 7) is 77.0. The molecule has 129 heavy (non-hydrogen) atoms. The highest BCUT2D eigenvalue weighted by atomic mass is 19.4. The number of benzene rings is 3. The maximum atomic E-state index is 13.1. The third-order valence-corrected chi connectivity index (χ3v) is 22.0. The Hall–Kier alpha value is -7.98. The molecule has 2 aliphatic carbocycles. The number of aromatic nitrogens is 6. The Morgan fingerprint density at radius 2 is 0.899 bits per heavy atom. The number of alkyl halides is 6. The lowest BCUT2D eigenvalue weighted by Crippen LogP contribution is -2.50. The fraction of sp³-hybridized carbons (Fsp3) is 0.617. The van der Waals surface area contributed by atoms with Gasteiger partial charge in [0.2, 0.25) is 0 Å². The molecule has 1 saturated heterocycles. The molecule has 11 rings (SSSR count). The first-order chi connectivity index (χ1) is 58.4. The van der Waals surface area contributed by atoms with Crippen molar-refractivity contribution in [2.24, 2.45) is 34.5 Å². The Morgan fingerprint density at radius 1 is 0.411 bits per heavy atom. The summed E-state index contributed by atoms with van der Waals surface area (Å²) >= 11 is 0. The van der Waals surface area contributed by atoms with Gasteiger partial charge >= 0.3 is 12.4 Å². The zero-order valence-electron chi connectivity index (χ0n) is 86.0. The summed E-state index contributed by atoms with van der Waals surface area (Å²) in [6, 6.07) is 28.1. The largest absolute Gasteiger partial charge is 0.496 e. The molecular weight excluding hydrogens is 1660 g/mol. The Labute approximate surface area is 771 Å². The van der Waals surface area contributed by atoms with Crippen LogP contribution in [-0.4, -0.2) is 93.5 Å². The van der Waals surface area contributed by atoms with E-state index in [9.17, 15) is 48.3 Å². The topological polar surface area (TPSA) is 110 Å². The Kier molecular flexibility index (Phi) is 46.3. The molecule has 3 aliphatic rings. The van der Waals surface area contributed by atoms with E-state index in [1.54, 1.807) is 79.7 Å². The van der Waals surface area contributed by atoms with Gasteiger partial charge in [-0.3, -0.25) is 29.5 Å². The molecule has 11 nitrogen and oxygen atoms in total. The highest BCUT2D eigenvalue weighted by Crippen LogP contribution is 2.51. The van der Waals surface area contributed by atoms with Crippen LogP contribution in [0.25, 0.3) is 0 Å². The highest BCUT2D eigenvalue weighted by Gasteiger charge is 2.50. The van der Waals surface area contributed by atoms with Gasteiger partial charge in [-0.2, -0.15) is 31.4 Å². The van der Waals surface area contributed by atoms with Gasteiger partial charge in [0.15, 0.2) is 5.75 Å². The van der Waals surface area contributed by atoms with E-state index in [4.69, 9.17) is 18.9 Å². The average molecular weight is 1820 g/mol. The normalized spacial score (nSPS) is 16.5. The van der Waals surface area contributed by atoms with E-state index in [1.807, 2.05) is 130 Å². The van der Waals surface area contributed by atoms with E-state index >= 15 is 0 Å². The molecule has 3 aromatic carbocycles. The van der Waals surface area contributed by atoms with Gasteiger partial charge in [0.05, 0.1) is 87.7 Å². The van der Waals surface area contributed by atoms with E-state index < -0.39 is 40.9 Å². The number of rotatable bonds is 3. The van der Waals surface area contributed by atoms with Crippen molar-refractivity contribution in [3.8, 4) is 17.2 Å². The minimum absolute atomic E-state index is 0.00819. The van der Waals surface area contributed by atoms with E-state index in [0.29, 0.717) is 52.3 Å². The number of halogens is 11.